The second-order valence-electron chi connectivity index (χ2n) is 6.59. The number of hydrogen-bond acceptors (Lipinski definition) is 5. The van der Waals surface area contributed by atoms with Gasteiger partial charge in [0.05, 0.1) is 19.8 Å². The maximum Gasteiger partial charge on any atom is 0.329 e. The van der Waals surface area contributed by atoms with Crippen LogP contribution < -0.4 is 0 Å². The molecule has 6 nitrogen and oxygen atoms in total. The molecule has 26 heavy (non-hydrogen) atoms. The van der Waals surface area contributed by atoms with Crippen LogP contribution >= 0.6 is 24.8 Å². The summed E-state index contributed by atoms with van der Waals surface area (Å²) in [7, 11) is 2.06. The molecule has 3 rings (SSSR count). The summed E-state index contributed by atoms with van der Waals surface area (Å²) in [6.45, 7) is 8.66. The Morgan fingerprint density at radius 1 is 1.15 bits per heavy atom. The van der Waals surface area contributed by atoms with Crippen molar-refractivity contribution in [1.29, 1.82) is 0 Å². The van der Waals surface area contributed by atoms with Gasteiger partial charge in [-0.1, -0.05) is 0 Å². The van der Waals surface area contributed by atoms with Crippen LogP contribution in [0.1, 0.15) is 37.2 Å². The highest BCUT2D eigenvalue weighted by molar-refractivity contribution is 5.85. The van der Waals surface area contributed by atoms with Gasteiger partial charge in [0, 0.05) is 38.1 Å². The number of morpholine rings is 1. The van der Waals surface area contributed by atoms with Gasteiger partial charge in [-0.2, -0.15) is 0 Å². The van der Waals surface area contributed by atoms with Gasteiger partial charge in [0.2, 0.25) is 0 Å². The lowest BCUT2D eigenvalue weighted by molar-refractivity contribution is -0.149. The molecule has 8 heteroatoms. The van der Waals surface area contributed by atoms with Crippen LogP contribution in [0.3, 0.4) is 0 Å². The van der Waals surface area contributed by atoms with Crippen molar-refractivity contribution in [2.75, 3.05) is 46.0 Å². The Hall–Kier alpha value is -0.790. The minimum Gasteiger partial charge on any atom is -0.465 e. The summed E-state index contributed by atoms with van der Waals surface area (Å²) >= 11 is 0. The predicted octanol–water partition coefficient (Wildman–Crippen LogP) is 2.40. The average Bonchev–Trinajstić information content (AvgIpc) is 3.22. The van der Waals surface area contributed by atoms with E-state index < -0.39 is 0 Å². The summed E-state index contributed by atoms with van der Waals surface area (Å²) in [5.74, 6) is -0.126. The molecule has 0 aliphatic carbocycles. The third-order valence-electron chi connectivity index (χ3n) is 5.05. The third-order valence-corrected chi connectivity index (χ3v) is 5.05. The molecule has 1 unspecified atom stereocenters. The van der Waals surface area contributed by atoms with Gasteiger partial charge in [-0.3, -0.25) is 9.80 Å². The highest BCUT2D eigenvalue weighted by atomic mass is 35.5. The highest BCUT2D eigenvalue weighted by Crippen LogP contribution is 2.28. The number of rotatable bonds is 6. The molecule has 2 aliphatic heterocycles. The van der Waals surface area contributed by atoms with Crippen molar-refractivity contribution >= 4 is 30.8 Å². The number of hydrogen-bond donors (Lipinski definition) is 0. The molecule has 0 aromatic carbocycles. The number of carbonyl (C=O) groups is 1. The van der Waals surface area contributed by atoms with E-state index in [0.29, 0.717) is 6.61 Å². The largest absolute Gasteiger partial charge is 0.465 e. The summed E-state index contributed by atoms with van der Waals surface area (Å²) in [5.41, 5.74) is 2.28. The van der Waals surface area contributed by atoms with Crippen LogP contribution in [-0.4, -0.2) is 66.3 Å². The van der Waals surface area contributed by atoms with Crippen molar-refractivity contribution in [3.05, 3.63) is 23.5 Å². The van der Waals surface area contributed by atoms with Crippen molar-refractivity contribution in [1.82, 2.24) is 14.4 Å². The Morgan fingerprint density at radius 2 is 1.81 bits per heavy atom. The number of ether oxygens (including phenoxy) is 2. The van der Waals surface area contributed by atoms with Crippen molar-refractivity contribution < 1.29 is 14.3 Å². The molecular weight excluding hydrogens is 377 g/mol. The van der Waals surface area contributed by atoms with Gasteiger partial charge >= 0.3 is 5.97 Å². The molecule has 0 N–H and O–H groups in total. The maximum atomic E-state index is 12.6. The lowest BCUT2D eigenvalue weighted by Gasteiger charge is -2.28. The highest BCUT2D eigenvalue weighted by Gasteiger charge is 2.33. The van der Waals surface area contributed by atoms with Crippen LogP contribution in [0.15, 0.2) is 12.1 Å². The van der Waals surface area contributed by atoms with Crippen molar-refractivity contribution in [2.45, 2.75) is 32.4 Å². The number of likely N-dealkylation sites (tertiary alicyclic amines) is 1. The predicted molar refractivity (Wildman–Crippen MR) is 106 cm³/mol. The number of esters is 1. The summed E-state index contributed by atoms with van der Waals surface area (Å²) < 4.78 is 13.0. The zero-order valence-electron chi connectivity index (χ0n) is 15.7. The Bertz CT molecular complexity index is 556. The monoisotopic (exact) mass is 407 g/mol. The number of halogens is 2. The minimum atomic E-state index is -0.282. The van der Waals surface area contributed by atoms with Crippen LogP contribution in [-0.2, 0) is 27.9 Å². The standard InChI is InChI=1S/C18H29N3O3.2ClH/c1-3-24-18(22)17(21-8-4-5-9-21)16-7-6-15(19(16)2)14-20-10-12-23-13-11-20;;/h6-7,17H,3-5,8-14H2,1-2H3;2*1H. The fourth-order valence-corrected chi connectivity index (χ4v) is 3.67. The molecule has 1 aromatic rings. The first-order valence-electron chi connectivity index (χ1n) is 9.06. The van der Waals surface area contributed by atoms with E-state index in [0.717, 1.165) is 64.5 Å². The first-order valence-corrected chi connectivity index (χ1v) is 9.06. The lowest BCUT2D eigenvalue weighted by atomic mass is 10.2. The number of nitrogens with zero attached hydrogens (tertiary/aromatic N) is 3. The Balaban J connectivity index is 0.00000169. The van der Waals surface area contributed by atoms with E-state index in [2.05, 4.69) is 33.5 Å². The first kappa shape index (κ1) is 23.2. The molecule has 1 atom stereocenters. The van der Waals surface area contributed by atoms with Crippen LogP contribution in [0.2, 0.25) is 0 Å². The summed E-state index contributed by atoms with van der Waals surface area (Å²) in [6, 6.07) is 3.96. The number of aromatic nitrogens is 1. The average molecular weight is 408 g/mol. The van der Waals surface area contributed by atoms with E-state index in [9.17, 15) is 4.79 Å². The van der Waals surface area contributed by atoms with Crippen LogP contribution in [0, 0.1) is 0 Å². The SMILES string of the molecule is CCOC(=O)C(c1ccc(CN2CCOCC2)n1C)N1CCCC1.Cl.Cl. The molecule has 0 spiro atoms. The normalized spacial score (nSPS) is 19.5. The first-order chi connectivity index (χ1) is 11.7. The Morgan fingerprint density at radius 3 is 2.42 bits per heavy atom. The van der Waals surface area contributed by atoms with Crippen LogP contribution in [0.25, 0.3) is 0 Å². The van der Waals surface area contributed by atoms with Gasteiger partial charge in [-0.15, -0.1) is 24.8 Å². The van der Waals surface area contributed by atoms with E-state index in [1.807, 2.05) is 6.92 Å². The lowest BCUT2D eigenvalue weighted by Crippen LogP contribution is -2.37. The summed E-state index contributed by atoms with van der Waals surface area (Å²) in [4.78, 5) is 17.2. The molecule has 0 amide bonds. The van der Waals surface area contributed by atoms with Crippen molar-refractivity contribution in [3.8, 4) is 0 Å². The van der Waals surface area contributed by atoms with E-state index in [1.54, 1.807) is 0 Å². The van der Waals surface area contributed by atoms with E-state index in [1.165, 1.54) is 5.69 Å². The van der Waals surface area contributed by atoms with Gasteiger partial charge in [0.1, 0.15) is 6.04 Å². The fraction of sp³-hybridized carbons (Fsp3) is 0.722. The molecule has 0 radical (unpaired) electrons. The smallest absolute Gasteiger partial charge is 0.329 e. The molecule has 1 aromatic heterocycles. The van der Waals surface area contributed by atoms with Crippen molar-refractivity contribution in [3.63, 3.8) is 0 Å². The van der Waals surface area contributed by atoms with Gasteiger partial charge in [0.25, 0.3) is 0 Å². The quantitative estimate of drug-likeness (QED) is 0.677. The zero-order valence-corrected chi connectivity index (χ0v) is 17.3. The Labute approximate surface area is 168 Å². The maximum absolute atomic E-state index is 12.6. The van der Waals surface area contributed by atoms with Crippen molar-refractivity contribution in [2.24, 2.45) is 7.05 Å². The van der Waals surface area contributed by atoms with E-state index in [4.69, 9.17) is 9.47 Å². The molecule has 2 aliphatic rings. The minimum absolute atomic E-state index is 0. The molecule has 3 heterocycles. The topological polar surface area (TPSA) is 46.9 Å². The van der Waals surface area contributed by atoms with Crippen LogP contribution in [0.4, 0.5) is 0 Å². The second-order valence-corrected chi connectivity index (χ2v) is 6.59. The second kappa shape index (κ2) is 11.1. The Kier molecular flexibility index (Phi) is 9.97. The molecule has 0 saturated carbocycles. The van der Waals surface area contributed by atoms with Gasteiger partial charge in [-0.05, 0) is 45.0 Å². The van der Waals surface area contributed by atoms with Gasteiger partial charge in [0.15, 0.2) is 0 Å². The third kappa shape index (κ3) is 5.36. The van der Waals surface area contributed by atoms with Crippen LogP contribution in [0.5, 0.6) is 0 Å². The molecule has 2 saturated heterocycles. The van der Waals surface area contributed by atoms with Gasteiger partial charge < -0.3 is 14.0 Å². The molecule has 150 valence electrons. The summed E-state index contributed by atoms with van der Waals surface area (Å²) in [6.07, 6.45) is 2.31. The van der Waals surface area contributed by atoms with E-state index in [-0.39, 0.29) is 36.8 Å². The summed E-state index contributed by atoms with van der Waals surface area (Å²) in [5, 5.41) is 0. The molecule has 0 bridgehead atoms. The fourth-order valence-electron chi connectivity index (χ4n) is 3.67. The van der Waals surface area contributed by atoms with Gasteiger partial charge in [-0.25, -0.2) is 4.79 Å². The number of carbonyl (C=O) groups excluding carboxylic acids is 1. The van der Waals surface area contributed by atoms with E-state index >= 15 is 0 Å². The molecular formula is C18H31Cl2N3O3. The zero-order chi connectivity index (χ0) is 16.9. The molecule has 2 fully saturated rings.